The monoisotopic (exact) mass is 243 g/mol. The smallest absolute Gasteiger partial charge is 0.224 e. The van der Waals surface area contributed by atoms with E-state index in [4.69, 9.17) is 23.2 Å². The summed E-state index contributed by atoms with van der Waals surface area (Å²) in [5.74, 6) is 0. The Labute approximate surface area is 98.4 Å². The molecule has 5 heteroatoms. The first-order chi connectivity index (χ1) is 7.24. The standard InChI is InChI=1S/C10H11Cl2N3/c11-9-7-3-4-15(6-1-2-6)5-8(7)13-10(12)14-9/h6H,1-5H2. The first kappa shape index (κ1) is 9.82. The van der Waals surface area contributed by atoms with E-state index >= 15 is 0 Å². The van der Waals surface area contributed by atoms with Crippen LogP contribution in [0.15, 0.2) is 0 Å². The lowest BCUT2D eigenvalue weighted by molar-refractivity contribution is 0.239. The van der Waals surface area contributed by atoms with Gasteiger partial charge in [-0.25, -0.2) is 9.97 Å². The van der Waals surface area contributed by atoms with E-state index in [1.807, 2.05) is 0 Å². The first-order valence-corrected chi connectivity index (χ1v) is 5.94. The van der Waals surface area contributed by atoms with Crippen LogP contribution in [0.25, 0.3) is 0 Å². The van der Waals surface area contributed by atoms with Crippen LogP contribution in [0, 0.1) is 0 Å². The van der Waals surface area contributed by atoms with E-state index in [1.54, 1.807) is 0 Å². The third-order valence-corrected chi connectivity index (χ3v) is 3.56. The SMILES string of the molecule is Clc1nc(Cl)c2c(n1)CN(C1CC1)CC2. The molecule has 0 unspecified atom stereocenters. The highest BCUT2D eigenvalue weighted by atomic mass is 35.5. The topological polar surface area (TPSA) is 29.0 Å². The summed E-state index contributed by atoms with van der Waals surface area (Å²) in [4.78, 5) is 10.7. The zero-order valence-corrected chi connectivity index (χ0v) is 9.72. The minimum absolute atomic E-state index is 0.261. The van der Waals surface area contributed by atoms with Crippen LogP contribution in [0.5, 0.6) is 0 Å². The average molecular weight is 244 g/mol. The average Bonchev–Trinajstić information content (AvgIpc) is 2.99. The van der Waals surface area contributed by atoms with Crippen molar-refractivity contribution in [2.24, 2.45) is 0 Å². The molecule has 1 aromatic rings. The zero-order chi connectivity index (χ0) is 10.4. The molecular formula is C10H11Cl2N3. The molecule has 0 radical (unpaired) electrons. The highest BCUT2D eigenvalue weighted by Crippen LogP contribution is 2.32. The maximum atomic E-state index is 6.04. The molecule has 1 aliphatic heterocycles. The highest BCUT2D eigenvalue weighted by Gasteiger charge is 2.32. The second-order valence-electron chi connectivity index (χ2n) is 4.16. The fraction of sp³-hybridized carbons (Fsp3) is 0.600. The summed E-state index contributed by atoms with van der Waals surface area (Å²) >= 11 is 11.8. The Bertz CT molecular complexity index is 404. The van der Waals surface area contributed by atoms with Crippen LogP contribution >= 0.6 is 23.2 Å². The Hall–Kier alpha value is -0.380. The van der Waals surface area contributed by atoms with Crippen LogP contribution in [0.1, 0.15) is 24.1 Å². The summed E-state index contributed by atoms with van der Waals surface area (Å²) in [6.45, 7) is 1.95. The molecule has 0 amide bonds. The van der Waals surface area contributed by atoms with Crippen LogP contribution in [0.4, 0.5) is 0 Å². The van der Waals surface area contributed by atoms with Crippen molar-refractivity contribution in [1.82, 2.24) is 14.9 Å². The fourth-order valence-corrected chi connectivity index (χ4v) is 2.64. The van der Waals surface area contributed by atoms with Gasteiger partial charge in [-0.2, -0.15) is 0 Å². The number of aromatic nitrogens is 2. The van der Waals surface area contributed by atoms with Gasteiger partial charge in [0, 0.05) is 24.7 Å². The summed E-state index contributed by atoms with van der Waals surface area (Å²) in [5, 5.41) is 0.789. The van der Waals surface area contributed by atoms with Gasteiger partial charge in [-0.05, 0) is 30.9 Å². The quantitative estimate of drug-likeness (QED) is 0.560. The molecule has 2 heterocycles. The predicted molar refractivity (Wildman–Crippen MR) is 59.2 cm³/mol. The molecule has 80 valence electrons. The van der Waals surface area contributed by atoms with E-state index in [1.165, 1.54) is 12.8 Å². The third-order valence-electron chi connectivity index (χ3n) is 3.08. The van der Waals surface area contributed by atoms with Gasteiger partial charge in [-0.3, -0.25) is 4.90 Å². The van der Waals surface area contributed by atoms with Crippen LogP contribution in [-0.2, 0) is 13.0 Å². The van der Waals surface area contributed by atoms with Crippen LogP contribution in [0.3, 0.4) is 0 Å². The lowest BCUT2D eigenvalue weighted by Crippen LogP contribution is -2.33. The molecule has 0 atom stereocenters. The van der Waals surface area contributed by atoms with Crippen molar-refractivity contribution in [1.29, 1.82) is 0 Å². The molecule has 0 spiro atoms. The predicted octanol–water partition coefficient (Wildman–Crippen LogP) is 2.30. The van der Waals surface area contributed by atoms with E-state index < -0.39 is 0 Å². The molecule has 1 saturated carbocycles. The minimum atomic E-state index is 0.261. The van der Waals surface area contributed by atoms with Crippen molar-refractivity contribution in [3.05, 3.63) is 21.7 Å². The molecule has 0 saturated heterocycles. The number of halogens is 2. The van der Waals surface area contributed by atoms with Crippen molar-refractivity contribution < 1.29 is 0 Å². The maximum Gasteiger partial charge on any atom is 0.224 e. The largest absolute Gasteiger partial charge is 0.294 e. The third kappa shape index (κ3) is 1.84. The Morgan fingerprint density at radius 3 is 2.73 bits per heavy atom. The second-order valence-corrected chi connectivity index (χ2v) is 4.86. The number of nitrogens with zero attached hydrogens (tertiary/aromatic N) is 3. The van der Waals surface area contributed by atoms with Gasteiger partial charge in [-0.15, -0.1) is 0 Å². The van der Waals surface area contributed by atoms with Gasteiger partial charge in [0.25, 0.3) is 0 Å². The van der Waals surface area contributed by atoms with Gasteiger partial charge in [0.05, 0.1) is 5.69 Å². The fourth-order valence-electron chi connectivity index (χ4n) is 2.13. The maximum absolute atomic E-state index is 6.04. The number of hydrogen-bond donors (Lipinski definition) is 0. The van der Waals surface area contributed by atoms with Gasteiger partial charge < -0.3 is 0 Å². The Kier molecular flexibility index (Phi) is 2.34. The lowest BCUT2D eigenvalue weighted by Gasteiger charge is -2.27. The Morgan fingerprint density at radius 2 is 2.00 bits per heavy atom. The van der Waals surface area contributed by atoms with Crippen LogP contribution < -0.4 is 0 Å². The lowest BCUT2D eigenvalue weighted by atomic mass is 10.1. The summed E-state index contributed by atoms with van der Waals surface area (Å²) in [6, 6.07) is 0.769. The van der Waals surface area contributed by atoms with Crippen molar-refractivity contribution >= 4 is 23.2 Å². The number of hydrogen-bond acceptors (Lipinski definition) is 3. The first-order valence-electron chi connectivity index (χ1n) is 5.19. The van der Waals surface area contributed by atoms with Gasteiger partial charge in [0.15, 0.2) is 0 Å². The number of rotatable bonds is 1. The van der Waals surface area contributed by atoms with Crippen molar-refractivity contribution in [2.75, 3.05) is 6.54 Å². The van der Waals surface area contributed by atoms with E-state index in [0.717, 1.165) is 36.8 Å². The highest BCUT2D eigenvalue weighted by molar-refractivity contribution is 6.32. The second kappa shape index (κ2) is 3.58. The summed E-state index contributed by atoms with van der Waals surface area (Å²) < 4.78 is 0. The summed E-state index contributed by atoms with van der Waals surface area (Å²) in [5.41, 5.74) is 2.09. The molecule has 1 fully saturated rings. The molecule has 3 rings (SSSR count). The van der Waals surface area contributed by atoms with Crippen LogP contribution in [0.2, 0.25) is 10.4 Å². The van der Waals surface area contributed by atoms with Crippen LogP contribution in [-0.4, -0.2) is 27.5 Å². The molecule has 0 N–H and O–H groups in total. The van der Waals surface area contributed by atoms with Crippen molar-refractivity contribution in [2.45, 2.75) is 31.8 Å². The molecular weight excluding hydrogens is 233 g/mol. The van der Waals surface area contributed by atoms with Crippen molar-refractivity contribution in [3.63, 3.8) is 0 Å². The Balaban J connectivity index is 1.93. The van der Waals surface area contributed by atoms with E-state index in [-0.39, 0.29) is 5.28 Å². The van der Waals surface area contributed by atoms with Gasteiger partial charge in [0.2, 0.25) is 5.28 Å². The van der Waals surface area contributed by atoms with Gasteiger partial charge >= 0.3 is 0 Å². The Morgan fingerprint density at radius 1 is 1.20 bits per heavy atom. The van der Waals surface area contributed by atoms with E-state index in [0.29, 0.717) is 5.15 Å². The molecule has 0 aromatic carbocycles. The zero-order valence-electron chi connectivity index (χ0n) is 8.21. The van der Waals surface area contributed by atoms with E-state index in [9.17, 15) is 0 Å². The molecule has 1 aromatic heterocycles. The van der Waals surface area contributed by atoms with Crippen molar-refractivity contribution in [3.8, 4) is 0 Å². The van der Waals surface area contributed by atoms with E-state index in [2.05, 4.69) is 14.9 Å². The molecule has 0 bridgehead atoms. The summed E-state index contributed by atoms with van der Waals surface area (Å²) in [7, 11) is 0. The molecule has 15 heavy (non-hydrogen) atoms. The minimum Gasteiger partial charge on any atom is -0.294 e. The molecule has 3 nitrogen and oxygen atoms in total. The molecule has 2 aliphatic rings. The molecule has 1 aliphatic carbocycles. The number of fused-ring (bicyclic) bond motifs is 1. The summed E-state index contributed by atoms with van der Waals surface area (Å²) in [6.07, 6.45) is 3.59. The normalized spacial score (nSPS) is 21.5. The van der Waals surface area contributed by atoms with Gasteiger partial charge in [0.1, 0.15) is 5.15 Å². The van der Waals surface area contributed by atoms with Gasteiger partial charge in [-0.1, -0.05) is 11.6 Å².